The van der Waals surface area contributed by atoms with Gasteiger partial charge in [0.2, 0.25) is 15.0 Å². The fourth-order valence-electron chi connectivity index (χ4n) is 1.65. The standard InChI is InChI=1S/C6H6ClF5O2S/c7-15(13,14)3-4(6(10,11)12)1-5(8,9)2-4/h1-3H2. The monoisotopic (exact) mass is 272 g/mol. The summed E-state index contributed by atoms with van der Waals surface area (Å²) in [6.45, 7) is 0. The van der Waals surface area contributed by atoms with Crippen molar-refractivity contribution < 1.29 is 30.4 Å². The molecule has 0 aromatic carbocycles. The quantitative estimate of drug-likeness (QED) is 0.572. The number of alkyl halides is 5. The van der Waals surface area contributed by atoms with Crippen LogP contribution >= 0.6 is 10.7 Å². The summed E-state index contributed by atoms with van der Waals surface area (Å²) < 4.78 is 83.0. The van der Waals surface area contributed by atoms with E-state index in [1.165, 1.54) is 0 Å². The number of hydrogen-bond donors (Lipinski definition) is 0. The van der Waals surface area contributed by atoms with Crippen molar-refractivity contribution in [2.24, 2.45) is 5.41 Å². The Morgan fingerprint density at radius 2 is 1.60 bits per heavy atom. The first-order valence-corrected chi connectivity index (χ1v) is 6.22. The van der Waals surface area contributed by atoms with Crippen molar-refractivity contribution in [3.63, 3.8) is 0 Å². The highest BCUT2D eigenvalue weighted by Gasteiger charge is 2.70. The zero-order valence-corrected chi connectivity index (χ0v) is 8.69. The van der Waals surface area contributed by atoms with Gasteiger partial charge in [0.25, 0.3) is 0 Å². The molecule has 0 unspecified atom stereocenters. The molecule has 0 radical (unpaired) electrons. The summed E-state index contributed by atoms with van der Waals surface area (Å²) in [6, 6.07) is 0. The van der Waals surface area contributed by atoms with Crippen LogP contribution in [0.2, 0.25) is 0 Å². The average Bonchev–Trinajstić information content (AvgIpc) is 1.74. The molecule has 1 saturated carbocycles. The summed E-state index contributed by atoms with van der Waals surface area (Å²) in [7, 11) is 0.200. The Balaban J connectivity index is 2.93. The van der Waals surface area contributed by atoms with Gasteiger partial charge < -0.3 is 0 Å². The van der Waals surface area contributed by atoms with Gasteiger partial charge >= 0.3 is 6.18 Å². The van der Waals surface area contributed by atoms with E-state index in [-0.39, 0.29) is 0 Å². The van der Waals surface area contributed by atoms with E-state index in [4.69, 9.17) is 0 Å². The largest absolute Gasteiger partial charge is 0.395 e. The number of rotatable bonds is 2. The molecule has 0 amide bonds. The van der Waals surface area contributed by atoms with Crippen LogP contribution in [-0.2, 0) is 9.05 Å². The van der Waals surface area contributed by atoms with Crippen molar-refractivity contribution in [2.75, 3.05) is 5.75 Å². The molecule has 0 N–H and O–H groups in total. The van der Waals surface area contributed by atoms with Crippen LogP contribution in [0.5, 0.6) is 0 Å². The predicted octanol–water partition coefficient (Wildman–Crippen LogP) is 2.53. The lowest BCUT2D eigenvalue weighted by molar-refractivity contribution is -0.299. The molecule has 1 rings (SSSR count). The van der Waals surface area contributed by atoms with Gasteiger partial charge in [-0.2, -0.15) is 13.2 Å². The first-order valence-electron chi connectivity index (χ1n) is 3.74. The first kappa shape index (κ1) is 13.0. The van der Waals surface area contributed by atoms with Gasteiger partial charge in [-0.05, 0) is 0 Å². The summed E-state index contributed by atoms with van der Waals surface area (Å²) in [5.74, 6) is -4.96. The summed E-state index contributed by atoms with van der Waals surface area (Å²) in [5, 5.41) is 0. The van der Waals surface area contributed by atoms with E-state index in [9.17, 15) is 30.4 Å². The van der Waals surface area contributed by atoms with Gasteiger partial charge in [-0.25, -0.2) is 17.2 Å². The smallest absolute Gasteiger partial charge is 0.212 e. The van der Waals surface area contributed by atoms with Gasteiger partial charge in [0, 0.05) is 23.5 Å². The molecule has 0 aliphatic heterocycles. The Kier molecular flexibility index (Phi) is 2.76. The normalized spacial score (nSPS) is 24.7. The molecule has 1 aliphatic rings. The summed E-state index contributed by atoms with van der Waals surface area (Å²) in [6.07, 6.45) is -8.03. The third-order valence-electron chi connectivity index (χ3n) is 2.24. The summed E-state index contributed by atoms with van der Waals surface area (Å²) in [5.41, 5.74) is -2.89. The van der Waals surface area contributed by atoms with E-state index < -0.39 is 45.2 Å². The second-order valence-corrected chi connectivity index (χ2v) is 6.45. The molecule has 90 valence electrons. The van der Waals surface area contributed by atoms with E-state index in [1.807, 2.05) is 0 Å². The minimum atomic E-state index is -4.99. The summed E-state index contributed by atoms with van der Waals surface area (Å²) in [4.78, 5) is 0. The van der Waals surface area contributed by atoms with E-state index in [0.29, 0.717) is 0 Å². The van der Waals surface area contributed by atoms with Crippen molar-refractivity contribution in [3.05, 3.63) is 0 Å². The maximum atomic E-state index is 12.4. The molecule has 1 aliphatic carbocycles. The highest BCUT2D eigenvalue weighted by molar-refractivity contribution is 8.13. The third-order valence-corrected chi connectivity index (χ3v) is 3.47. The van der Waals surface area contributed by atoms with Crippen LogP contribution in [0.15, 0.2) is 0 Å². The highest BCUT2D eigenvalue weighted by Crippen LogP contribution is 2.60. The highest BCUT2D eigenvalue weighted by atomic mass is 35.7. The fourth-order valence-corrected chi connectivity index (χ4v) is 3.31. The molecule has 15 heavy (non-hydrogen) atoms. The Bertz CT molecular complexity index is 352. The van der Waals surface area contributed by atoms with Crippen molar-refractivity contribution in [2.45, 2.75) is 24.9 Å². The van der Waals surface area contributed by atoms with Gasteiger partial charge in [-0.15, -0.1) is 0 Å². The van der Waals surface area contributed by atoms with Crippen LogP contribution < -0.4 is 0 Å². The van der Waals surface area contributed by atoms with Crippen molar-refractivity contribution in [3.8, 4) is 0 Å². The third kappa shape index (κ3) is 2.72. The molecular formula is C6H6ClF5O2S. The molecule has 9 heteroatoms. The molecule has 0 aromatic rings. The van der Waals surface area contributed by atoms with Gasteiger partial charge in [-0.3, -0.25) is 0 Å². The lowest BCUT2D eigenvalue weighted by Gasteiger charge is -2.47. The van der Waals surface area contributed by atoms with Gasteiger partial charge in [0.05, 0.1) is 11.2 Å². The van der Waals surface area contributed by atoms with E-state index in [2.05, 4.69) is 10.7 Å². The van der Waals surface area contributed by atoms with Gasteiger partial charge in [-0.1, -0.05) is 0 Å². The van der Waals surface area contributed by atoms with Crippen LogP contribution in [0.4, 0.5) is 22.0 Å². The van der Waals surface area contributed by atoms with Gasteiger partial charge in [0.1, 0.15) is 0 Å². The number of halogens is 6. The second-order valence-electron chi connectivity index (χ2n) is 3.67. The lowest BCUT2D eigenvalue weighted by atomic mass is 9.67. The minimum Gasteiger partial charge on any atom is -0.212 e. The zero-order valence-electron chi connectivity index (χ0n) is 7.11. The van der Waals surface area contributed by atoms with Crippen molar-refractivity contribution in [1.82, 2.24) is 0 Å². The van der Waals surface area contributed by atoms with Crippen LogP contribution in [0.25, 0.3) is 0 Å². The molecule has 0 aromatic heterocycles. The topological polar surface area (TPSA) is 34.1 Å². The van der Waals surface area contributed by atoms with Crippen molar-refractivity contribution in [1.29, 1.82) is 0 Å². The molecule has 0 saturated heterocycles. The molecule has 0 heterocycles. The predicted molar refractivity (Wildman–Crippen MR) is 42.3 cm³/mol. The van der Waals surface area contributed by atoms with Crippen LogP contribution in [0, 0.1) is 5.41 Å². The molecule has 0 atom stereocenters. The minimum absolute atomic E-state index is 1.50. The summed E-state index contributed by atoms with van der Waals surface area (Å²) >= 11 is 0. The molecule has 0 bridgehead atoms. The Hall–Kier alpha value is -0.110. The van der Waals surface area contributed by atoms with E-state index in [1.54, 1.807) is 0 Å². The fraction of sp³-hybridized carbons (Fsp3) is 1.00. The Morgan fingerprint density at radius 1 is 1.20 bits per heavy atom. The van der Waals surface area contributed by atoms with Crippen LogP contribution in [0.3, 0.4) is 0 Å². The zero-order chi connectivity index (χ0) is 12.1. The molecule has 2 nitrogen and oxygen atoms in total. The Labute approximate surface area is 86.8 Å². The Morgan fingerprint density at radius 3 is 1.80 bits per heavy atom. The SMILES string of the molecule is O=S(=O)(Cl)CC1(C(F)(F)F)CC(F)(F)C1. The van der Waals surface area contributed by atoms with Crippen LogP contribution in [-0.4, -0.2) is 26.3 Å². The number of hydrogen-bond acceptors (Lipinski definition) is 2. The van der Waals surface area contributed by atoms with Crippen molar-refractivity contribution >= 4 is 19.7 Å². The van der Waals surface area contributed by atoms with E-state index >= 15 is 0 Å². The molecule has 0 spiro atoms. The first-order chi connectivity index (χ1) is 6.37. The van der Waals surface area contributed by atoms with Crippen LogP contribution in [0.1, 0.15) is 12.8 Å². The maximum Gasteiger partial charge on any atom is 0.395 e. The molecular weight excluding hydrogens is 267 g/mol. The molecule has 1 fully saturated rings. The maximum absolute atomic E-state index is 12.4. The average molecular weight is 273 g/mol. The lowest BCUT2D eigenvalue weighted by Crippen LogP contribution is -2.57. The second kappa shape index (κ2) is 3.19. The van der Waals surface area contributed by atoms with Gasteiger partial charge in [0.15, 0.2) is 0 Å². The van der Waals surface area contributed by atoms with E-state index in [0.717, 1.165) is 0 Å².